The summed E-state index contributed by atoms with van der Waals surface area (Å²) in [6.07, 6.45) is 8.63. The van der Waals surface area contributed by atoms with E-state index in [4.69, 9.17) is 0 Å². The Morgan fingerprint density at radius 1 is 1.08 bits per heavy atom. The van der Waals surface area contributed by atoms with Gasteiger partial charge in [0.15, 0.2) is 0 Å². The predicted molar refractivity (Wildman–Crippen MR) is 98.9 cm³/mol. The molecule has 2 saturated heterocycles. The molecule has 5 heteroatoms. The van der Waals surface area contributed by atoms with E-state index in [1.54, 1.807) is 0 Å². The van der Waals surface area contributed by atoms with Crippen LogP contribution in [0.2, 0.25) is 0 Å². The van der Waals surface area contributed by atoms with Crippen LogP contribution in [0.4, 0.5) is 0 Å². The molecule has 0 saturated carbocycles. The highest BCUT2D eigenvalue weighted by molar-refractivity contribution is 5.85. The third-order valence-corrected chi connectivity index (χ3v) is 4.97. The van der Waals surface area contributed by atoms with Crippen molar-refractivity contribution in [3.8, 4) is 0 Å². The van der Waals surface area contributed by atoms with E-state index in [1.807, 2.05) is 23.1 Å². The summed E-state index contributed by atoms with van der Waals surface area (Å²) < 4.78 is 0. The summed E-state index contributed by atoms with van der Waals surface area (Å²) in [5, 5.41) is 2.78. The molecule has 1 aromatic rings. The molecule has 2 aliphatic heterocycles. The van der Waals surface area contributed by atoms with E-state index in [1.165, 1.54) is 5.56 Å². The first kappa shape index (κ1) is 17.7. The van der Waals surface area contributed by atoms with Crippen LogP contribution in [0.1, 0.15) is 31.2 Å². The van der Waals surface area contributed by atoms with Gasteiger partial charge in [-0.05, 0) is 37.8 Å². The number of nitrogens with one attached hydrogen (secondary N) is 1. The molecule has 5 nitrogen and oxygen atoms in total. The van der Waals surface area contributed by atoms with Gasteiger partial charge < -0.3 is 10.2 Å². The average Bonchev–Trinajstić information content (AvgIpc) is 3.31. The Kier molecular flexibility index (Phi) is 6.23. The Bertz CT molecular complexity index is 609. The zero-order chi connectivity index (χ0) is 17.5. The number of hydrogen-bond donors (Lipinski definition) is 1. The minimum absolute atomic E-state index is 0.0350. The van der Waals surface area contributed by atoms with Crippen LogP contribution in [0.5, 0.6) is 0 Å². The molecule has 0 bridgehead atoms. The van der Waals surface area contributed by atoms with Gasteiger partial charge >= 0.3 is 0 Å². The molecular weight excluding hydrogens is 314 g/mol. The second-order valence-corrected chi connectivity index (χ2v) is 6.81. The van der Waals surface area contributed by atoms with E-state index >= 15 is 0 Å². The first-order valence-corrected chi connectivity index (χ1v) is 9.24. The molecule has 1 aromatic carbocycles. The van der Waals surface area contributed by atoms with Crippen LogP contribution in [0.3, 0.4) is 0 Å². The standard InChI is InChI=1S/C20H27N3O2/c24-19(21-15-20(25)22-12-4-5-13-22)16-23-14-6-9-18(23)11-10-17-7-2-1-3-8-17/h1-3,7-8,10-11,18H,4-6,9,12-16H2,(H,21,24). The second-order valence-electron chi connectivity index (χ2n) is 6.81. The Morgan fingerprint density at radius 3 is 2.60 bits per heavy atom. The molecule has 1 unspecified atom stereocenters. The number of amides is 2. The molecule has 2 fully saturated rings. The zero-order valence-corrected chi connectivity index (χ0v) is 14.7. The zero-order valence-electron chi connectivity index (χ0n) is 14.7. The van der Waals surface area contributed by atoms with Crippen molar-refractivity contribution in [2.24, 2.45) is 0 Å². The monoisotopic (exact) mass is 341 g/mol. The fourth-order valence-corrected chi connectivity index (χ4v) is 3.55. The second kappa shape index (κ2) is 8.81. The van der Waals surface area contributed by atoms with E-state index in [0.29, 0.717) is 12.6 Å². The van der Waals surface area contributed by atoms with E-state index < -0.39 is 0 Å². The third kappa shape index (κ3) is 5.16. The molecule has 0 aromatic heterocycles. The lowest BCUT2D eigenvalue weighted by Crippen LogP contribution is -2.43. The summed E-state index contributed by atoms with van der Waals surface area (Å²) >= 11 is 0. The quantitative estimate of drug-likeness (QED) is 0.860. The van der Waals surface area contributed by atoms with Gasteiger partial charge in [0.1, 0.15) is 0 Å². The number of rotatable bonds is 6. The Balaban J connectivity index is 1.45. The van der Waals surface area contributed by atoms with Crippen LogP contribution >= 0.6 is 0 Å². The first-order valence-electron chi connectivity index (χ1n) is 9.24. The molecule has 25 heavy (non-hydrogen) atoms. The lowest BCUT2D eigenvalue weighted by molar-refractivity contribution is -0.132. The molecule has 0 radical (unpaired) electrons. The highest BCUT2D eigenvalue weighted by Crippen LogP contribution is 2.19. The molecular formula is C20H27N3O2. The van der Waals surface area contributed by atoms with Crippen molar-refractivity contribution in [2.75, 3.05) is 32.7 Å². The van der Waals surface area contributed by atoms with Gasteiger partial charge in [0.05, 0.1) is 13.1 Å². The van der Waals surface area contributed by atoms with Crippen LogP contribution < -0.4 is 5.32 Å². The summed E-state index contributed by atoms with van der Waals surface area (Å²) in [6, 6.07) is 10.5. The predicted octanol–water partition coefficient (Wildman–Crippen LogP) is 1.90. The molecule has 2 heterocycles. The van der Waals surface area contributed by atoms with Crippen molar-refractivity contribution in [2.45, 2.75) is 31.7 Å². The van der Waals surface area contributed by atoms with Crippen molar-refractivity contribution in [3.63, 3.8) is 0 Å². The van der Waals surface area contributed by atoms with Crippen LogP contribution in [-0.4, -0.2) is 60.4 Å². The average molecular weight is 341 g/mol. The van der Waals surface area contributed by atoms with E-state index in [-0.39, 0.29) is 18.4 Å². The van der Waals surface area contributed by atoms with Crippen molar-refractivity contribution in [3.05, 3.63) is 42.0 Å². The SMILES string of the molecule is O=C(CN1CCCC1C=Cc1ccccc1)NCC(=O)N1CCCC1. The fraction of sp³-hybridized carbons (Fsp3) is 0.500. The van der Waals surface area contributed by atoms with E-state index in [0.717, 1.165) is 45.3 Å². The fourth-order valence-electron chi connectivity index (χ4n) is 3.55. The molecule has 3 rings (SSSR count). The number of likely N-dealkylation sites (tertiary alicyclic amines) is 2. The van der Waals surface area contributed by atoms with Gasteiger partial charge in [-0.15, -0.1) is 0 Å². The van der Waals surface area contributed by atoms with Crippen LogP contribution in [0, 0.1) is 0 Å². The summed E-state index contributed by atoms with van der Waals surface area (Å²) in [7, 11) is 0. The van der Waals surface area contributed by atoms with Crippen molar-refractivity contribution in [1.82, 2.24) is 15.1 Å². The smallest absolute Gasteiger partial charge is 0.241 e. The minimum atomic E-state index is -0.0624. The Labute approximate surface area is 149 Å². The molecule has 0 aliphatic carbocycles. The van der Waals surface area contributed by atoms with Gasteiger partial charge in [0.25, 0.3) is 0 Å². The summed E-state index contributed by atoms with van der Waals surface area (Å²) in [6.45, 7) is 3.06. The highest BCUT2D eigenvalue weighted by Gasteiger charge is 2.24. The maximum atomic E-state index is 12.2. The third-order valence-electron chi connectivity index (χ3n) is 4.97. The van der Waals surface area contributed by atoms with Gasteiger partial charge in [-0.1, -0.05) is 42.5 Å². The molecule has 2 amide bonds. The Hall–Kier alpha value is -2.14. The maximum absolute atomic E-state index is 12.2. The van der Waals surface area contributed by atoms with Crippen molar-refractivity contribution in [1.29, 1.82) is 0 Å². The summed E-state index contributed by atoms with van der Waals surface area (Å²) in [5.74, 6) is -0.0275. The number of benzene rings is 1. The summed E-state index contributed by atoms with van der Waals surface area (Å²) in [5.41, 5.74) is 1.18. The lowest BCUT2D eigenvalue weighted by Gasteiger charge is -2.21. The van der Waals surface area contributed by atoms with Gasteiger partial charge in [-0.25, -0.2) is 0 Å². The number of carbonyl (C=O) groups excluding carboxylic acids is 2. The van der Waals surface area contributed by atoms with Crippen molar-refractivity contribution >= 4 is 17.9 Å². The summed E-state index contributed by atoms with van der Waals surface area (Å²) in [4.78, 5) is 28.2. The van der Waals surface area contributed by atoms with Gasteiger partial charge in [0.2, 0.25) is 11.8 Å². The van der Waals surface area contributed by atoms with Gasteiger partial charge in [0, 0.05) is 19.1 Å². The van der Waals surface area contributed by atoms with Gasteiger partial charge in [-0.2, -0.15) is 0 Å². The minimum Gasteiger partial charge on any atom is -0.346 e. The maximum Gasteiger partial charge on any atom is 0.241 e. The normalized spacial score (nSPS) is 21.1. The molecule has 0 spiro atoms. The molecule has 1 atom stereocenters. The Morgan fingerprint density at radius 2 is 1.84 bits per heavy atom. The van der Waals surface area contributed by atoms with Crippen LogP contribution in [0.15, 0.2) is 36.4 Å². The molecule has 1 N–H and O–H groups in total. The number of nitrogens with zero attached hydrogens (tertiary/aromatic N) is 2. The van der Waals surface area contributed by atoms with Gasteiger partial charge in [-0.3, -0.25) is 14.5 Å². The number of hydrogen-bond acceptors (Lipinski definition) is 3. The van der Waals surface area contributed by atoms with E-state index in [9.17, 15) is 9.59 Å². The molecule has 2 aliphatic rings. The lowest BCUT2D eigenvalue weighted by atomic mass is 10.1. The largest absolute Gasteiger partial charge is 0.346 e. The molecule has 134 valence electrons. The first-order chi connectivity index (χ1) is 12.2. The van der Waals surface area contributed by atoms with Crippen molar-refractivity contribution < 1.29 is 9.59 Å². The topological polar surface area (TPSA) is 52.7 Å². The van der Waals surface area contributed by atoms with E-state index in [2.05, 4.69) is 34.5 Å². The highest BCUT2D eigenvalue weighted by atomic mass is 16.2. The number of carbonyl (C=O) groups is 2. The van der Waals surface area contributed by atoms with Crippen LogP contribution in [-0.2, 0) is 9.59 Å². The van der Waals surface area contributed by atoms with Crippen LogP contribution in [0.25, 0.3) is 6.08 Å².